The Morgan fingerprint density at radius 1 is 1.39 bits per heavy atom. The number of Topliss-reactive ketones (excluding diaryl/α,β-unsaturated/α-hetero) is 1. The molecule has 1 aliphatic rings. The molecule has 6 heteroatoms. The van der Waals surface area contributed by atoms with Crippen LogP contribution in [0.2, 0.25) is 0 Å². The van der Waals surface area contributed by atoms with Crippen molar-refractivity contribution in [2.75, 3.05) is 11.9 Å². The van der Waals surface area contributed by atoms with Gasteiger partial charge >= 0.3 is 0 Å². The lowest BCUT2D eigenvalue weighted by Crippen LogP contribution is -2.32. The first kappa shape index (κ1) is 17.4. The zero-order valence-electron chi connectivity index (χ0n) is 13.5. The van der Waals surface area contributed by atoms with E-state index >= 15 is 0 Å². The van der Waals surface area contributed by atoms with Gasteiger partial charge in [-0.2, -0.15) is 0 Å². The van der Waals surface area contributed by atoms with Crippen LogP contribution in [0, 0.1) is 16.0 Å². The molecule has 23 heavy (non-hydrogen) atoms. The quantitative estimate of drug-likeness (QED) is 0.455. The monoisotopic (exact) mass is 320 g/mol. The van der Waals surface area contributed by atoms with Crippen LogP contribution in [0.25, 0.3) is 0 Å². The number of aliphatic hydroxyl groups excluding tert-OH is 1. The first-order valence-corrected chi connectivity index (χ1v) is 8.19. The van der Waals surface area contributed by atoms with Gasteiger partial charge in [-0.15, -0.1) is 0 Å². The highest BCUT2D eigenvalue weighted by Crippen LogP contribution is 2.32. The fourth-order valence-electron chi connectivity index (χ4n) is 3.32. The van der Waals surface area contributed by atoms with Crippen LogP contribution < -0.4 is 5.32 Å². The van der Waals surface area contributed by atoms with Crippen molar-refractivity contribution in [1.82, 2.24) is 0 Å². The molecular formula is C17H24N2O4. The number of nitro groups is 1. The molecule has 1 atom stereocenters. The molecular weight excluding hydrogens is 296 g/mol. The second-order valence-electron chi connectivity index (χ2n) is 6.21. The number of anilines is 1. The van der Waals surface area contributed by atoms with Gasteiger partial charge in [-0.25, -0.2) is 0 Å². The average Bonchev–Trinajstić information content (AvgIpc) is 2.55. The Balaban J connectivity index is 2.24. The highest BCUT2D eigenvalue weighted by atomic mass is 16.6. The fraction of sp³-hybridized carbons (Fsp3) is 0.588. The number of nitro benzene ring substituents is 1. The van der Waals surface area contributed by atoms with Crippen molar-refractivity contribution in [3.63, 3.8) is 0 Å². The maximum absolute atomic E-state index is 11.4. The molecule has 0 radical (unpaired) electrons. The van der Waals surface area contributed by atoms with Gasteiger partial charge in [0.1, 0.15) is 5.69 Å². The Kier molecular flexibility index (Phi) is 6.10. The second-order valence-corrected chi connectivity index (χ2v) is 6.21. The number of rotatable bonds is 7. The van der Waals surface area contributed by atoms with Crippen LogP contribution in [-0.2, 0) is 0 Å². The predicted molar refractivity (Wildman–Crippen MR) is 88.8 cm³/mol. The summed E-state index contributed by atoms with van der Waals surface area (Å²) < 4.78 is 0. The number of hydrogen-bond donors (Lipinski definition) is 2. The van der Waals surface area contributed by atoms with E-state index in [1.807, 2.05) is 0 Å². The summed E-state index contributed by atoms with van der Waals surface area (Å²) in [6.07, 6.45) is 6.29. The molecule has 126 valence electrons. The van der Waals surface area contributed by atoms with Gasteiger partial charge in [0.25, 0.3) is 5.69 Å². The third-order valence-electron chi connectivity index (χ3n) is 4.60. The number of aliphatic hydroxyl groups is 1. The molecule has 0 heterocycles. The van der Waals surface area contributed by atoms with Gasteiger partial charge in [-0.1, -0.05) is 19.3 Å². The summed E-state index contributed by atoms with van der Waals surface area (Å²) in [5.41, 5.74) is 0.666. The van der Waals surface area contributed by atoms with Gasteiger partial charge in [0, 0.05) is 24.3 Å². The largest absolute Gasteiger partial charge is 0.396 e. The molecule has 0 saturated heterocycles. The minimum absolute atomic E-state index is 0.0159. The minimum atomic E-state index is -0.467. The van der Waals surface area contributed by atoms with Crippen LogP contribution in [0.15, 0.2) is 18.2 Å². The standard InChI is InChI=1S/C17H24N2O4/c1-12(21)14-7-8-16(17(11-14)19(22)23)18-15(9-10-20)13-5-3-2-4-6-13/h7-8,11,13,15,18,20H,2-6,9-10H2,1H3. The van der Waals surface area contributed by atoms with E-state index in [-0.39, 0.29) is 24.1 Å². The van der Waals surface area contributed by atoms with E-state index in [0.29, 0.717) is 23.6 Å². The van der Waals surface area contributed by atoms with Crippen LogP contribution in [0.3, 0.4) is 0 Å². The molecule has 1 unspecified atom stereocenters. The highest BCUT2D eigenvalue weighted by Gasteiger charge is 2.26. The Morgan fingerprint density at radius 2 is 2.09 bits per heavy atom. The number of carbonyl (C=O) groups excluding carboxylic acids is 1. The van der Waals surface area contributed by atoms with E-state index in [9.17, 15) is 20.0 Å². The van der Waals surface area contributed by atoms with Gasteiger partial charge in [0.2, 0.25) is 0 Å². The summed E-state index contributed by atoms with van der Waals surface area (Å²) in [6.45, 7) is 1.44. The third-order valence-corrected chi connectivity index (χ3v) is 4.60. The average molecular weight is 320 g/mol. The molecule has 6 nitrogen and oxygen atoms in total. The molecule has 0 aliphatic heterocycles. The molecule has 0 amide bonds. The summed E-state index contributed by atoms with van der Waals surface area (Å²) in [5, 5.41) is 23.9. The minimum Gasteiger partial charge on any atom is -0.396 e. The molecule has 2 rings (SSSR count). The zero-order chi connectivity index (χ0) is 16.8. The van der Waals surface area contributed by atoms with Crippen LogP contribution in [0.1, 0.15) is 55.8 Å². The van der Waals surface area contributed by atoms with Crippen LogP contribution >= 0.6 is 0 Å². The lowest BCUT2D eigenvalue weighted by Gasteiger charge is -2.31. The van der Waals surface area contributed by atoms with Gasteiger partial charge in [-0.3, -0.25) is 14.9 Å². The summed E-state index contributed by atoms with van der Waals surface area (Å²) in [6, 6.07) is 4.54. The number of carbonyl (C=O) groups is 1. The maximum Gasteiger partial charge on any atom is 0.293 e. The normalized spacial score (nSPS) is 16.8. The molecule has 2 N–H and O–H groups in total. The predicted octanol–water partition coefficient (Wildman–Crippen LogP) is 3.54. The van der Waals surface area contributed by atoms with Crippen LogP contribution in [-0.4, -0.2) is 28.5 Å². The molecule has 1 aromatic rings. The van der Waals surface area contributed by atoms with Gasteiger partial charge in [-0.05, 0) is 44.2 Å². The molecule has 1 aliphatic carbocycles. The second kappa shape index (κ2) is 8.06. The zero-order valence-corrected chi connectivity index (χ0v) is 13.5. The molecule has 1 saturated carbocycles. The summed E-state index contributed by atoms with van der Waals surface area (Å²) in [5.74, 6) is 0.224. The maximum atomic E-state index is 11.4. The van der Waals surface area contributed by atoms with E-state index in [1.54, 1.807) is 12.1 Å². The Hall–Kier alpha value is -1.95. The fourth-order valence-corrected chi connectivity index (χ4v) is 3.32. The lowest BCUT2D eigenvalue weighted by atomic mass is 9.82. The van der Waals surface area contributed by atoms with Crippen LogP contribution in [0.4, 0.5) is 11.4 Å². The Bertz CT molecular complexity index is 568. The van der Waals surface area contributed by atoms with E-state index in [2.05, 4.69) is 5.32 Å². The number of ketones is 1. The van der Waals surface area contributed by atoms with Crippen molar-refractivity contribution in [3.8, 4) is 0 Å². The van der Waals surface area contributed by atoms with E-state index < -0.39 is 4.92 Å². The van der Waals surface area contributed by atoms with E-state index in [4.69, 9.17) is 0 Å². The molecule has 0 aromatic heterocycles. The molecule has 0 bridgehead atoms. The topological polar surface area (TPSA) is 92.5 Å². The third kappa shape index (κ3) is 4.51. The van der Waals surface area contributed by atoms with E-state index in [1.165, 1.54) is 32.3 Å². The van der Waals surface area contributed by atoms with Crippen molar-refractivity contribution < 1.29 is 14.8 Å². The summed E-state index contributed by atoms with van der Waals surface area (Å²) >= 11 is 0. The smallest absolute Gasteiger partial charge is 0.293 e. The van der Waals surface area contributed by atoms with Crippen molar-refractivity contribution in [2.24, 2.45) is 5.92 Å². The van der Waals surface area contributed by atoms with Crippen molar-refractivity contribution >= 4 is 17.2 Å². The van der Waals surface area contributed by atoms with Crippen molar-refractivity contribution in [3.05, 3.63) is 33.9 Å². The van der Waals surface area contributed by atoms with Gasteiger partial charge < -0.3 is 10.4 Å². The lowest BCUT2D eigenvalue weighted by molar-refractivity contribution is -0.384. The summed E-state index contributed by atoms with van der Waals surface area (Å²) in [7, 11) is 0. The Morgan fingerprint density at radius 3 is 2.65 bits per heavy atom. The SMILES string of the molecule is CC(=O)c1ccc(NC(CCO)C2CCCCC2)c([N+](=O)[O-])c1. The van der Waals surface area contributed by atoms with E-state index in [0.717, 1.165) is 12.8 Å². The highest BCUT2D eigenvalue weighted by molar-refractivity contribution is 5.95. The summed E-state index contributed by atoms with van der Waals surface area (Å²) in [4.78, 5) is 22.3. The molecule has 0 spiro atoms. The first-order chi connectivity index (χ1) is 11.0. The number of benzene rings is 1. The van der Waals surface area contributed by atoms with Crippen molar-refractivity contribution in [2.45, 2.75) is 51.5 Å². The number of hydrogen-bond acceptors (Lipinski definition) is 5. The van der Waals surface area contributed by atoms with Crippen LogP contribution in [0.5, 0.6) is 0 Å². The molecule has 1 aromatic carbocycles. The Labute approximate surface area is 136 Å². The van der Waals surface area contributed by atoms with Crippen molar-refractivity contribution in [1.29, 1.82) is 0 Å². The number of nitrogens with zero attached hydrogens (tertiary/aromatic N) is 1. The first-order valence-electron chi connectivity index (χ1n) is 8.19. The molecule has 1 fully saturated rings. The van der Waals surface area contributed by atoms with Gasteiger partial charge in [0.05, 0.1) is 4.92 Å². The van der Waals surface area contributed by atoms with Gasteiger partial charge in [0.15, 0.2) is 5.78 Å². The number of nitrogens with one attached hydrogen (secondary N) is 1.